The molecule has 0 aliphatic heterocycles. The summed E-state index contributed by atoms with van der Waals surface area (Å²) in [6.07, 6.45) is 0. The summed E-state index contributed by atoms with van der Waals surface area (Å²) >= 11 is 0. The molecular weight excluding hydrogens is 178 g/mol. The first kappa shape index (κ1) is 9.95. The number of hydrogen-bond acceptors (Lipinski definition) is 3. The molecule has 0 atom stereocenters. The molecule has 0 radical (unpaired) electrons. The quantitative estimate of drug-likeness (QED) is 0.660. The highest BCUT2D eigenvalue weighted by Gasteiger charge is 2.01. The Bertz CT molecular complexity index is 421. The third-order valence-corrected chi connectivity index (χ3v) is 1.66. The largest absolute Gasteiger partial charge is 0.497 e. The molecule has 0 unspecified atom stereocenters. The van der Waals surface area contributed by atoms with E-state index in [2.05, 4.69) is 11.8 Å². The molecule has 0 saturated heterocycles. The van der Waals surface area contributed by atoms with Gasteiger partial charge in [-0.15, -0.1) is 0 Å². The van der Waals surface area contributed by atoms with Gasteiger partial charge in [-0.1, -0.05) is 0 Å². The molecule has 14 heavy (non-hydrogen) atoms. The fourth-order valence-corrected chi connectivity index (χ4v) is 1.01. The lowest BCUT2D eigenvalue weighted by Crippen LogP contribution is -1.89. The number of nitriles is 1. The van der Waals surface area contributed by atoms with Crippen LogP contribution >= 0.6 is 0 Å². The van der Waals surface area contributed by atoms with Crippen LogP contribution in [-0.4, -0.2) is 14.2 Å². The van der Waals surface area contributed by atoms with Gasteiger partial charge in [0.15, 0.2) is 6.07 Å². The maximum atomic E-state index is 8.32. The van der Waals surface area contributed by atoms with Crippen LogP contribution in [0, 0.1) is 23.2 Å². The predicted octanol–water partition coefficient (Wildman–Crippen LogP) is 1.58. The summed E-state index contributed by atoms with van der Waals surface area (Å²) in [6.45, 7) is 0. The van der Waals surface area contributed by atoms with Crippen molar-refractivity contribution in [1.82, 2.24) is 0 Å². The molecule has 0 aliphatic carbocycles. The van der Waals surface area contributed by atoms with Gasteiger partial charge in [-0.25, -0.2) is 0 Å². The summed E-state index contributed by atoms with van der Waals surface area (Å²) in [5.41, 5.74) is 0.647. The average Bonchev–Trinajstić information content (AvgIpc) is 2.25. The van der Waals surface area contributed by atoms with E-state index < -0.39 is 0 Å². The topological polar surface area (TPSA) is 42.2 Å². The van der Waals surface area contributed by atoms with E-state index >= 15 is 0 Å². The van der Waals surface area contributed by atoms with E-state index in [4.69, 9.17) is 14.7 Å². The maximum absolute atomic E-state index is 8.32. The van der Waals surface area contributed by atoms with Gasteiger partial charge in [0.05, 0.1) is 19.8 Å². The van der Waals surface area contributed by atoms with Gasteiger partial charge in [0, 0.05) is 5.92 Å². The molecule has 0 N–H and O–H groups in total. The van der Waals surface area contributed by atoms with Crippen molar-refractivity contribution in [3.8, 4) is 29.4 Å². The van der Waals surface area contributed by atoms with Crippen LogP contribution < -0.4 is 9.47 Å². The van der Waals surface area contributed by atoms with Gasteiger partial charge in [0.25, 0.3) is 0 Å². The van der Waals surface area contributed by atoms with Crippen molar-refractivity contribution in [3.05, 3.63) is 23.8 Å². The van der Waals surface area contributed by atoms with E-state index in [0.29, 0.717) is 17.1 Å². The highest BCUT2D eigenvalue weighted by Crippen LogP contribution is 2.22. The Labute approximate surface area is 82.9 Å². The van der Waals surface area contributed by atoms with E-state index in [1.54, 1.807) is 38.5 Å². The van der Waals surface area contributed by atoms with E-state index in [-0.39, 0.29) is 0 Å². The van der Waals surface area contributed by atoms with Crippen molar-refractivity contribution in [3.63, 3.8) is 0 Å². The molecule has 1 aromatic carbocycles. The summed E-state index contributed by atoms with van der Waals surface area (Å²) in [5, 5.41) is 8.32. The zero-order valence-corrected chi connectivity index (χ0v) is 8.00. The third kappa shape index (κ3) is 2.18. The van der Waals surface area contributed by atoms with Crippen molar-refractivity contribution in [2.45, 2.75) is 0 Å². The molecule has 1 rings (SSSR count). The van der Waals surface area contributed by atoms with Crippen LogP contribution in [0.25, 0.3) is 0 Å². The van der Waals surface area contributed by atoms with Crippen LogP contribution in [-0.2, 0) is 0 Å². The van der Waals surface area contributed by atoms with E-state index in [1.807, 2.05) is 0 Å². The summed E-state index contributed by atoms with van der Waals surface area (Å²) < 4.78 is 10.1. The summed E-state index contributed by atoms with van der Waals surface area (Å²) in [4.78, 5) is 0. The molecule has 0 bridgehead atoms. The van der Waals surface area contributed by atoms with Crippen LogP contribution in [0.1, 0.15) is 5.56 Å². The molecule has 0 amide bonds. The summed E-state index contributed by atoms with van der Waals surface area (Å²) in [7, 11) is 3.13. The molecule has 0 aromatic heterocycles. The SMILES string of the molecule is COc1ccc(OC)c(C#CC#N)c1. The van der Waals surface area contributed by atoms with E-state index in [1.165, 1.54) is 0 Å². The Morgan fingerprint density at radius 3 is 2.57 bits per heavy atom. The first-order valence-corrected chi connectivity index (χ1v) is 3.94. The van der Waals surface area contributed by atoms with Crippen molar-refractivity contribution in [2.24, 2.45) is 0 Å². The molecule has 1 aromatic rings. The molecule has 0 heterocycles. The smallest absolute Gasteiger partial charge is 0.152 e. The van der Waals surface area contributed by atoms with Crippen molar-refractivity contribution >= 4 is 0 Å². The second-order valence-electron chi connectivity index (χ2n) is 2.43. The molecule has 0 aliphatic rings. The monoisotopic (exact) mass is 187 g/mol. The molecule has 3 nitrogen and oxygen atoms in total. The van der Waals surface area contributed by atoms with Crippen LogP contribution in [0.15, 0.2) is 18.2 Å². The number of benzene rings is 1. The Morgan fingerprint density at radius 2 is 2.00 bits per heavy atom. The lowest BCUT2D eigenvalue weighted by Gasteiger charge is -2.04. The highest BCUT2D eigenvalue weighted by atomic mass is 16.5. The van der Waals surface area contributed by atoms with Crippen molar-refractivity contribution in [1.29, 1.82) is 5.26 Å². The first-order chi connectivity index (χ1) is 6.81. The highest BCUT2D eigenvalue weighted by molar-refractivity contribution is 5.51. The number of hydrogen-bond donors (Lipinski definition) is 0. The number of ether oxygens (including phenoxy) is 2. The van der Waals surface area contributed by atoms with Crippen molar-refractivity contribution < 1.29 is 9.47 Å². The minimum atomic E-state index is 0.633. The van der Waals surface area contributed by atoms with Crippen LogP contribution in [0.3, 0.4) is 0 Å². The number of nitrogens with zero attached hydrogens (tertiary/aromatic N) is 1. The fourth-order valence-electron chi connectivity index (χ4n) is 1.01. The Balaban J connectivity index is 3.16. The van der Waals surface area contributed by atoms with Crippen LogP contribution in [0.2, 0.25) is 0 Å². The lowest BCUT2D eigenvalue weighted by molar-refractivity contribution is 0.402. The zero-order valence-electron chi connectivity index (χ0n) is 8.00. The van der Waals surface area contributed by atoms with Gasteiger partial charge < -0.3 is 9.47 Å². The minimum absolute atomic E-state index is 0.633. The van der Waals surface area contributed by atoms with Gasteiger partial charge in [-0.2, -0.15) is 5.26 Å². The van der Waals surface area contributed by atoms with Gasteiger partial charge in [-0.3, -0.25) is 0 Å². The molecule has 0 saturated carbocycles. The average molecular weight is 187 g/mol. The normalized spacial score (nSPS) is 8.07. The van der Waals surface area contributed by atoms with Gasteiger partial charge in [0.2, 0.25) is 0 Å². The fraction of sp³-hybridized carbons (Fsp3) is 0.182. The van der Waals surface area contributed by atoms with Gasteiger partial charge in [0.1, 0.15) is 11.5 Å². The van der Waals surface area contributed by atoms with Crippen molar-refractivity contribution in [2.75, 3.05) is 14.2 Å². The van der Waals surface area contributed by atoms with E-state index in [0.717, 1.165) is 0 Å². The minimum Gasteiger partial charge on any atom is -0.497 e. The number of methoxy groups -OCH3 is 2. The van der Waals surface area contributed by atoms with Gasteiger partial charge >= 0.3 is 0 Å². The molecule has 3 heteroatoms. The number of rotatable bonds is 2. The molecule has 0 fully saturated rings. The molecule has 0 spiro atoms. The van der Waals surface area contributed by atoms with Crippen LogP contribution in [0.5, 0.6) is 11.5 Å². The van der Waals surface area contributed by atoms with Crippen LogP contribution in [0.4, 0.5) is 0 Å². The summed E-state index contributed by atoms with van der Waals surface area (Å²) in [6, 6.07) is 7.00. The third-order valence-electron chi connectivity index (χ3n) is 1.66. The van der Waals surface area contributed by atoms with E-state index in [9.17, 15) is 0 Å². The first-order valence-electron chi connectivity index (χ1n) is 3.94. The predicted molar refractivity (Wildman–Crippen MR) is 52.0 cm³/mol. The second kappa shape index (κ2) is 4.79. The summed E-state index contributed by atoms with van der Waals surface area (Å²) in [5.74, 6) is 6.30. The standard InChI is InChI=1S/C11H9NO2/c1-13-10-5-6-11(14-2)9(8-10)4-3-7-12/h5-6,8H,1-2H3. The Morgan fingerprint density at radius 1 is 1.21 bits per heavy atom. The molecular formula is C11H9NO2. The van der Waals surface area contributed by atoms with Gasteiger partial charge in [-0.05, 0) is 24.1 Å². The molecule has 70 valence electrons. The Kier molecular flexibility index (Phi) is 3.41. The zero-order chi connectivity index (χ0) is 10.4. The maximum Gasteiger partial charge on any atom is 0.152 e. The Hall–Kier alpha value is -2.13. The second-order valence-corrected chi connectivity index (χ2v) is 2.43. The lowest BCUT2D eigenvalue weighted by atomic mass is 10.2.